The van der Waals surface area contributed by atoms with Crippen LogP contribution in [0.25, 0.3) is 22.0 Å². The molecule has 6 heteroatoms. The van der Waals surface area contributed by atoms with Gasteiger partial charge in [0.05, 0.1) is 18.3 Å². The van der Waals surface area contributed by atoms with Crippen LogP contribution in [0.3, 0.4) is 0 Å². The molecule has 0 amide bonds. The molecule has 0 unspecified atom stereocenters. The van der Waals surface area contributed by atoms with E-state index in [4.69, 9.17) is 12.7 Å². The first-order valence-electron chi connectivity index (χ1n) is 13.4. The molecule has 39 heavy (non-hydrogen) atoms. The van der Waals surface area contributed by atoms with E-state index < -0.39 is 0 Å². The van der Waals surface area contributed by atoms with E-state index >= 15 is 0 Å². The summed E-state index contributed by atoms with van der Waals surface area (Å²) in [6.07, 6.45) is 6.76. The molecule has 0 atom stereocenters. The van der Waals surface area contributed by atoms with E-state index in [1.807, 2.05) is 49.5 Å². The fourth-order valence-electron chi connectivity index (χ4n) is 4.59. The maximum Gasteiger partial charge on any atom is 0.183 e. The second-order valence-electron chi connectivity index (χ2n) is 9.85. The number of aryl methyl sites for hydroxylation is 1. The van der Waals surface area contributed by atoms with Gasteiger partial charge < -0.3 is 14.4 Å². The number of rotatable bonds is 12. The van der Waals surface area contributed by atoms with E-state index in [1.165, 1.54) is 27.8 Å². The van der Waals surface area contributed by atoms with Crippen LogP contribution in [0.5, 0.6) is 5.75 Å². The molecule has 0 saturated carbocycles. The molecule has 3 aromatic carbocycles. The van der Waals surface area contributed by atoms with Crippen molar-refractivity contribution < 1.29 is 4.74 Å². The number of allylic oxidation sites excluding steroid dienone is 2. The summed E-state index contributed by atoms with van der Waals surface area (Å²) < 4.78 is 6.02. The lowest BCUT2D eigenvalue weighted by molar-refractivity contribution is 0.284. The number of fused-ring (bicyclic) bond motifs is 1. The Bertz CT molecular complexity index is 1470. The maximum atomic E-state index is 6.12. The highest BCUT2D eigenvalue weighted by Gasteiger charge is 2.15. The summed E-state index contributed by atoms with van der Waals surface area (Å²) in [6.45, 7) is 10.1. The van der Waals surface area contributed by atoms with Crippen LogP contribution in [0, 0.1) is 6.92 Å². The molecule has 0 saturated heterocycles. The first-order valence-corrected chi connectivity index (χ1v) is 13.4. The maximum absolute atomic E-state index is 6.12. The molecule has 0 spiro atoms. The van der Waals surface area contributed by atoms with Crippen LogP contribution in [0.4, 0.5) is 0 Å². The molecule has 0 aliphatic heterocycles. The second kappa shape index (κ2) is 13.2. The second-order valence-corrected chi connectivity index (χ2v) is 9.85. The third-order valence-corrected chi connectivity index (χ3v) is 6.87. The van der Waals surface area contributed by atoms with Crippen molar-refractivity contribution in [1.82, 2.24) is 19.9 Å². The van der Waals surface area contributed by atoms with Gasteiger partial charge in [0.25, 0.3) is 0 Å². The molecular formula is C33H37BN4O. The molecule has 5 nitrogen and oxygen atoms in total. The van der Waals surface area contributed by atoms with Gasteiger partial charge >= 0.3 is 0 Å². The Kier molecular flexibility index (Phi) is 9.45. The SMILES string of the molecule is [B]N(C/C=C/C(=C)N(C)C)CCOc1ccc(/C(=C(/CC)c2ccccc2C)c2ccc3[nH]ncc3c2)cc1. The zero-order chi connectivity index (χ0) is 27.8. The quantitative estimate of drug-likeness (QED) is 0.130. The Morgan fingerprint density at radius 2 is 1.79 bits per heavy atom. The molecule has 1 N–H and O–H groups in total. The van der Waals surface area contributed by atoms with Crippen molar-refractivity contribution in [3.63, 3.8) is 0 Å². The number of nitrogens with one attached hydrogen (secondary N) is 1. The zero-order valence-corrected chi connectivity index (χ0v) is 23.4. The smallest absolute Gasteiger partial charge is 0.183 e. The Balaban J connectivity index is 1.55. The number of nitrogens with zero attached hydrogens (tertiary/aromatic N) is 3. The van der Waals surface area contributed by atoms with Crippen molar-refractivity contribution in [2.75, 3.05) is 33.8 Å². The van der Waals surface area contributed by atoms with Gasteiger partial charge in [-0.1, -0.05) is 62.0 Å². The lowest BCUT2D eigenvalue weighted by Gasteiger charge is -2.19. The first-order chi connectivity index (χ1) is 18.9. The highest BCUT2D eigenvalue weighted by Crippen LogP contribution is 2.37. The van der Waals surface area contributed by atoms with Crippen LogP contribution in [0.1, 0.15) is 35.6 Å². The normalized spacial score (nSPS) is 12.2. The molecule has 4 rings (SSSR count). The third-order valence-electron chi connectivity index (χ3n) is 6.87. The standard InChI is InChI=1S/C33H37BN4O/c1-6-30(31-12-8-7-10-24(31)2)33(27-15-18-32-28(22-27)23-35-36-32)26-13-16-29(17-14-26)39-21-20-38(34)19-9-11-25(3)37(4)5/h7-18,22-23H,3,6,19-21H2,1-2,4-5H3,(H,35,36)/b11-9+,33-30+. The van der Waals surface area contributed by atoms with Gasteiger partial charge in [0, 0.05) is 38.3 Å². The highest BCUT2D eigenvalue weighted by atomic mass is 16.5. The molecule has 198 valence electrons. The van der Waals surface area contributed by atoms with Crippen LogP contribution in [-0.2, 0) is 0 Å². The summed E-state index contributed by atoms with van der Waals surface area (Å²) in [5, 5.41) is 8.37. The van der Waals surface area contributed by atoms with Gasteiger partial charge in [0.1, 0.15) is 5.75 Å². The number of aromatic amines is 1. The lowest BCUT2D eigenvalue weighted by Crippen LogP contribution is -2.26. The highest BCUT2D eigenvalue weighted by molar-refractivity contribution is 6.04. The summed E-state index contributed by atoms with van der Waals surface area (Å²) in [4.78, 5) is 3.70. The summed E-state index contributed by atoms with van der Waals surface area (Å²) in [7, 11) is 10.1. The average molecular weight is 516 g/mol. The fraction of sp³-hybridized carbons (Fsp3) is 0.242. The van der Waals surface area contributed by atoms with E-state index in [1.54, 1.807) is 4.81 Å². The Morgan fingerprint density at radius 1 is 1.05 bits per heavy atom. The predicted molar refractivity (Wildman–Crippen MR) is 165 cm³/mol. The molecule has 2 radical (unpaired) electrons. The van der Waals surface area contributed by atoms with E-state index in [2.05, 4.69) is 85.2 Å². The van der Waals surface area contributed by atoms with Crippen molar-refractivity contribution >= 4 is 30.0 Å². The van der Waals surface area contributed by atoms with E-state index in [-0.39, 0.29) is 0 Å². The van der Waals surface area contributed by atoms with Gasteiger partial charge in [-0.15, -0.1) is 0 Å². The van der Waals surface area contributed by atoms with Gasteiger partial charge in [-0.05, 0) is 77.1 Å². The van der Waals surface area contributed by atoms with E-state index in [9.17, 15) is 0 Å². The summed E-state index contributed by atoms with van der Waals surface area (Å²) in [6, 6.07) is 23.5. The van der Waals surface area contributed by atoms with E-state index in [0.29, 0.717) is 19.7 Å². The topological polar surface area (TPSA) is 44.4 Å². The average Bonchev–Trinajstić information content (AvgIpc) is 3.41. The first kappa shape index (κ1) is 28.0. The molecule has 1 heterocycles. The van der Waals surface area contributed by atoms with Gasteiger partial charge in [0.15, 0.2) is 7.98 Å². The van der Waals surface area contributed by atoms with Crippen LogP contribution < -0.4 is 4.74 Å². The van der Waals surface area contributed by atoms with Crippen LogP contribution >= 0.6 is 0 Å². The van der Waals surface area contributed by atoms with Crippen molar-refractivity contribution in [2.24, 2.45) is 0 Å². The van der Waals surface area contributed by atoms with Crippen LogP contribution in [0.15, 0.2) is 97.4 Å². The predicted octanol–water partition coefficient (Wildman–Crippen LogP) is 6.64. The van der Waals surface area contributed by atoms with Gasteiger partial charge in [-0.2, -0.15) is 5.10 Å². The van der Waals surface area contributed by atoms with Crippen LogP contribution in [0.2, 0.25) is 0 Å². The number of H-pyrrole nitrogens is 1. The largest absolute Gasteiger partial charge is 0.492 e. The van der Waals surface area contributed by atoms with Crippen molar-refractivity contribution in [3.8, 4) is 5.75 Å². The van der Waals surface area contributed by atoms with Gasteiger partial charge in [0.2, 0.25) is 0 Å². The number of hydrogen-bond donors (Lipinski definition) is 1. The third kappa shape index (κ3) is 7.09. The Morgan fingerprint density at radius 3 is 2.51 bits per heavy atom. The Labute approximate surface area is 233 Å². The molecule has 0 bridgehead atoms. The minimum absolute atomic E-state index is 0.502. The molecule has 4 aromatic rings. The molecular weight excluding hydrogens is 479 g/mol. The number of ether oxygens (including phenoxy) is 1. The molecule has 0 aliphatic rings. The van der Waals surface area contributed by atoms with Gasteiger partial charge in [-0.25, -0.2) is 0 Å². The minimum Gasteiger partial charge on any atom is -0.492 e. The van der Waals surface area contributed by atoms with Crippen LogP contribution in [-0.4, -0.2) is 61.7 Å². The van der Waals surface area contributed by atoms with E-state index in [0.717, 1.165) is 34.3 Å². The number of likely N-dealkylation sites (N-methyl/N-ethyl adjacent to an activating group) is 1. The Hall–Kier alpha value is -4.03. The summed E-state index contributed by atoms with van der Waals surface area (Å²) in [5.74, 6) is 0.822. The van der Waals surface area contributed by atoms with Gasteiger partial charge in [-0.3, -0.25) is 5.10 Å². The lowest BCUT2D eigenvalue weighted by atomic mass is 9.86. The van der Waals surface area contributed by atoms with Crippen molar-refractivity contribution in [1.29, 1.82) is 0 Å². The zero-order valence-electron chi connectivity index (χ0n) is 23.4. The summed E-state index contributed by atoms with van der Waals surface area (Å²) in [5.41, 5.74) is 9.36. The molecule has 0 fully saturated rings. The minimum atomic E-state index is 0.502. The number of hydrogen-bond acceptors (Lipinski definition) is 4. The monoisotopic (exact) mass is 516 g/mol. The van der Waals surface area contributed by atoms with Crippen molar-refractivity contribution in [2.45, 2.75) is 20.3 Å². The van der Waals surface area contributed by atoms with Crippen molar-refractivity contribution in [3.05, 3.63) is 120 Å². The molecule has 1 aromatic heterocycles. The molecule has 0 aliphatic carbocycles. The number of aromatic nitrogens is 2. The summed E-state index contributed by atoms with van der Waals surface area (Å²) >= 11 is 0. The number of benzene rings is 3. The fourth-order valence-corrected chi connectivity index (χ4v) is 4.59.